The topological polar surface area (TPSA) is 56.2 Å². The average Bonchev–Trinajstić information content (AvgIpc) is 2.82. The predicted octanol–water partition coefficient (Wildman–Crippen LogP) is 2.34. The van der Waals surface area contributed by atoms with Crippen molar-refractivity contribution < 1.29 is 9.21 Å². The molecular weight excluding hydrogens is 202 g/mol. The summed E-state index contributed by atoms with van der Waals surface area (Å²) in [4.78, 5) is 11.0. The third-order valence-electron chi connectivity index (χ3n) is 3.39. The fourth-order valence-electron chi connectivity index (χ4n) is 2.73. The zero-order valence-electron chi connectivity index (χ0n) is 8.90. The van der Waals surface area contributed by atoms with E-state index in [4.69, 9.17) is 10.2 Å². The highest BCUT2D eigenvalue weighted by molar-refractivity contribution is 5.85. The van der Waals surface area contributed by atoms with Crippen LogP contribution in [0.5, 0.6) is 0 Å². The van der Waals surface area contributed by atoms with E-state index in [0.717, 1.165) is 23.8 Å². The van der Waals surface area contributed by atoms with Crippen LogP contribution in [0.4, 0.5) is 0 Å². The number of primary amides is 1. The van der Waals surface area contributed by atoms with Crippen molar-refractivity contribution in [2.75, 3.05) is 0 Å². The first-order chi connectivity index (χ1) is 7.75. The smallest absolute Gasteiger partial charge is 0.218 e. The van der Waals surface area contributed by atoms with E-state index in [1.54, 1.807) is 6.26 Å². The number of carbonyl (C=O) groups excluding carboxylic acids is 1. The predicted molar refractivity (Wildman–Crippen MR) is 61.1 cm³/mol. The maximum atomic E-state index is 11.0. The summed E-state index contributed by atoms with van der Waals surface area (Å²) in [6, 6.07) is 6.08. The Morgan fingerprint density at radius 1 is 1.44 bits per heavy atom. The molecule has 1 aliphatic carbocycles. The second-order valence-electron chi connectivity index (χ2n) is 4.38. The van der Waals surface area contributed by atoms with Gasteiger partial charge in [0.15, 0.2) is 0 Å². The van der Waals surface area contributed by atoms with Gasteiger partial charge in [-0.2, -0.15) is 0 Å². The molecule has 2 N–H and O–H groups in total. The van der Waals surface area contributed by atoms with Crippen LogP contribution in [0.25, 0.3) is 11.0 Å². The Balaban J connectivity index is 2.14. The van der Waals surface area contributed by atoms with E-state index < -0.39 is 0 Å². The number of aryl methyl sites for hydroxylation is 1. The van der Waals surface area contributed by atoms with Crippen LogP contribution in [0.1, 0.15) is 29.9 Å². The van der Waals surface area contributed by atoms with Gasteiger partial charge < -0.3 is 10.2 Å². The Hall–Kier alpha value is -1.77. The summed E-state index contributed by atoms with van der Waals surface area (Å²) in [6.45, 7) is 0. The Bertz CT molecular complexity index is 556. The number of hydrogen-bond donors (Lipinski definition) is 1. The molecule has 3 nitrogen and oxygen atoms in total. The highest BCUT2D eigenvalue weighted by atomic mass is 16.3. The first-order valence-corrected chi connectivity index (χ1v) is 5.53. The number of rotatable bonds is 2. The summed E-state index contributed by atoms with van der Waals surface area (Å²) in [5, 5.41) is 1.14. The van der Waals surface area contributed by atoms with Gasteiger partial charge in [0.1, 0.15) is 5.58 Å². The molecule has 2 aromatic rings. The molecule has 82 valence electrons. The van der Waals surface area contributed by atoms with Gasteiger partial charge in [0.25, 0.3) is 0 Å². The fourth-order valence-corrected chi connectivity index (χ4v) is 2.73. The van der Waals surface area contributed by atoms with Gasteiger partial charge in [-0.05, 0) is 42.0 Å². The van der Waals surface area contributed by atoms with Gasteiger partial charge in [0.05, 0.1) is 6.26 Å². The third kappa shape index (κ3) is 1.32. The van der Waals surface area contributed by atoms with Gasteiger partial charge in [-0.1, -0.05) is 6.07 Å². The molecule has 1 aliphatic rings. The molecule has 0 fully saturated rings. The molecule has 3 rings (SSSR count). The molecule has 0 radical (unpaired) electrons. The maximum absolute atomic E-state index is 11.0. The lowest BCUT2D eigenvalue weighted by Gasteiger charge is -2.09. The zero-order valence-corrected chi connectivity index (χ0v) is 8.90. The lowest BCUT2D eigenvalue weighted by atomic mass is 9.95. The summed E-state index contributed by atoms with van der Waals surface area (Å²) in [6.07, 6.45) is 4.19. The molecule has 0 bridgehead atoms. The number of fused-ring (bicyclic) bond motifs is 3. The molecule has 0 saturated heterocycles. The molecule has 16 heavy (non-hydrogen) atoms. The van der Waals surface area contributed by atoms with E-state index in [1.807, 2.05) is 12.1 Å². The van der Waals surface area contributed by atoms with Gasteiger partial charge >= 0.3 is 0 Å². The number of amides is 1. The monoisotopic (exact) mass is 215 g/mol. The Labute approximate surface area is 93.2 Å². The average molecular weight is 215 g/mol. The highest BCUT2D eigenvalue weighted by Crippen LogP contribution is 2.40. The van der Waals surface area contributed by atoms with Crippen molar-refractivity contribution in [3.05, 3.63) is 35.6 Å². The second-order valence-corrected chi connectivity index (χ2v) is 4.38. The molecule has 1 heterocycles. The molecule has 0 spiro atoms. The molecule has 0 unspecified atom stereocenters. The molecule has 3 heteroatoms. The van der Waals surface area contributed by atoms with Gasteiger partial charge in [-0.25, -0.2) is 0 Å². The third-order valence-corrected chi connectivity index (χ3v) is 3.39. The van der Waals surface area contributed by atoms with Crippen molar-refractivity contribution in [2.24, 2.45) is 5.73 Å². The van der Waals surface area contributed by atoms with Crippen molar-refractivity contribution in [1.29, 1.82) is 0 Å². The number of carbonyl (C=O) groups is 1. The maximum Gasteiger partial charge on any atom is 0.218 e. The van der Waals surface area contributed by atoms with Crippen LogP contribution >= 0.6 is 0 Å². The van der Waals surface area contributed by atoms with Crippen molar-refractivity contribution >= 4 is 16.9 Å². The minimum absolute atomic E-state index is 0.224. The molecular formula is C13H13NO2. The minimum Gasteiger partial charge on any atom is -0.464 e. The van der Waals surface area contributed by atoms with Crippen molar-refractivity contribution in [3.63, 3.8) is 0 Å². The lowest BCUT2D eigenvalue weighted by Crippen LogP contribution is -2.14. The number of hydrogen-bond acceptors (Lipinski definition) is 2. The molecule has 1 amide bonds. The first-order valence-electron chi connectivity index (χ1n) is 5.53. The summed E-state index contributed by atoms with van der Waals surface area (Å²) in [5.41, 5.74) is 8.79. The lowest BCUT2D eigenvalue weighted by molar-refractivity contribution is -0.118. The van der Waals surface area contributed by atoms with Gasteiger partial charge in [-0.15, -0.1) is 0 Å². The zero-order chi connectivity index (χ0) is 11.1. The van der Waals surface area contributed by atoms with Crippen LogP contribution in [0.3, 0.4) is 0 Å². The number of nitrogens with two attached hydrogens (primary N) is 1. The van der Waals surface area contributed by atoms with Crippen LogP contribution < -0.4 is 5.73 Å². The summed E-state index contributed by atoms with van der Waals surface area (Å²) < 4.78 is 5.38. The van der Waals surface area contributed by atoms with E-state index >= 15 is 0 Å². The van der Waals surface area contributed by atoms with E-state index in [1.165, 1.54) is 11.1 Å². The van der Waals surface area contributed by atoms with Gasteiger partial charge in [0, 0.05) is 11.8 Å². The standard InChI is InChI=1S/C13H13NO2/c14-12(15)7-9-2-1-8-3-4-11-10(13(8)9)5-6-16-11/h3-6,9H,1-2,7H2,(H2,14,15)/t9-/m0/s1. The molecule has 0 saturated carbocycles. The number of benzene rings is 1. The van der Waals surface area contributed by atoms with Crippen molar-refractivity contribution in [3.8, 4) is 0 Å². The summed E-state index contributed by atoms with van der Waals surface area (Å²) >= 11 is 0. The number of furan rings is 1. The van der Waals surface area contributed by atoms with Crippen LogP contribution in [0.2, 0.25) is 0 Å². The minimum atomic E-state index is -0.224. The highest BCUT2D eigenvalue weighted by Gasteiger charge is 2.26. The van der Waals surface area contributed by atoms with Crippen LogP contribution in [-0.2, 0) is 11.2 Å². The van der Waals surface area contributed by atoms with E-state index in [0.29, 0.717) is 6.42 Å². The van der Waals surface area contributed by atoms with E-state index in [9.17, 15) is 4.79 Å². The van der Waals surface area contributed by atoms with Crippen LogP contribution in [0, 0.1) is 0 Å². The Kier molecular flexibility index (Phi) is 1.99. The van der Waals surface area contributed by atoms with Gasteiger partial charge in [-0.3, -0.25) is 4.79 Å². The SMILES string of the molecule is NC(=O)C[C@@H]1CCc2ccc3occc3c21. The van der Waals surface area contributed by atoms with Crippen LogP contribution in [-0.4, -0.2) is 5.91 Å². The molecule has 1 aromatic carbocycles. The molecule has 0 aliphatic heterocycles. The van der Waals surface area contributed by atoms with E-state index in [-0.39, 0.29) is 11.8 Å². The normalized spacial score (nSPS) is 18.9. The fraction of sp³-hybridized carbons (Fsp3) is 0.308. The second kappa shape index (κ2) is 3.37. The molecule has 1 atom stereocenters. The summed E-state index contributed by atoms with van der Waals surface area (Å²) in [5.74, 6) is 0.0483. The van der Waals surface area contributed by atoms with Crippen LogP contribution in [0.15, 0.2) is 28.9 Å². The molecule has 1 aromatic heterocycles. The quantitative estimate of drug-likeness (QED) is 0.835. The van der Waals surface area contributed by atoms with Crippen molar-refractivity contribution in [1.82, 2.24) is 0 Å². The van der Waals surface area contributed by atoms with E-state index in [2.05, 4.69) is 6.07 Å². The van der Waals surface area contributed by atoms with Gasteiger partial charge in [0.2, 0.25) is 5.91 Å². The largest absolute Gasteiger partial charge is 0.464 e. The van der Waals surface area contributed by atoms with Crippen molar-refractivity contribution in [2.45, 2.75) is 25.2 Å². The first kappa shape index (κ1) is 9.46. The summed E-state index contributed by atoms with van der Waals surface area (Å²) in [7, 11) is 0. The Morgan fingerprint density at radius 3 is 3.12 bits per heavy atom. The Morgan fingerprint density at radius 2 is 2.31 bits per heavy atom.